The number of thioether (sulfide) groups is 1. The molecule has 8 heteroatoms. The number of rotatable bonds is 7. The van der Waals surface area contributed by atoms with Crippen LogP contribution in [-0.4, -0.2) is 58.5 Å². The zero-order valence-electron chi connectivity index (χ0n) is 19.0. The molecule has 1 unspecified atom stereocenters. The summed E-state index contributed by atoms with van der Waals surface area (Å²) in [4.78, 5) is 23.6. The number of amides is 1. The maximum Gasteiger partial charge on any atom is 0.233 e. The molecule has 2 fully saturated rings. The number of aromatic amines is 1. The Morgan fingerprint density at radius 2 is 1.59 bits per heavy atom. The molecule has 0 spiro atoms. The molecule has 34 heavy (non-hydrogen) atoms. The standard InChI is InChI=1S/C26H29N3O3S2/c30-23(29(21-13-7-8-14-21)22-15-16-34(31,32)18-22)17-33-26-27-24(19-9-3-1-4-10-19)25(28-26)20-11-5-2-6-12-20/h1-6,9-12,21-22H,7-8,13-18H2,(H,27,28). The van der Waals surface area contributed by atoms with E-state index in [1.165, 1.54) is 11.8 Å². The highest BCUT2D eigenvalue weighted by molar-refractivity contribution is 7.99. The molecule has 1 N–H and O–H groups in total. The summed E-state index contributed by atoms with van der Waals surface area (Å²) in [7, 11) is -3.05. The molecule has 2 aliphatic rings. The van der Waals surface area contributed by atoms with Crippen LogP contribution in [0.1, 0.15) is 32.1 Å². The van der Waals surface area contributed by atoms with Gasteiger partial charge in [0.15, 0.2) is 15.0 Å². The number of carbonyl (C=O) groups is 1. The molecule has 178 valence electrons. The number of H-pyrrole nitrogens is 1. The molecule has 1 saturated heterocycles. The Labute approximate surface area is 205 Å². The SMILES string of the molecule is O=C(CSc1nc(-c2ccccc2)c(-c2ccccc2)[nH]1)N(C1CCCC1)C1CCS(=O)(=O)C1. The second-order valence-corrected chi connectivity index (χ2v) is 12.3. The Kier molecular flexibility index (Phi) is 6.79. The predicted molar refractivity (Wildman–Crippen MR) is 136 cm³/mol. The maximum atomic E-state index is 13.4. The first-order valence-electron chi connectivity index (χ1n) is 11.9. The monoisotopic (exact) mass is 495 g/mol. The van der Waals surface area contributed by atoms with Crippen LogP contribution in [0.2, 0.25) is 0 Å². The van der Waals surface area contributed by atoms with Gasteiger partial charge in [-0.25, -0.2) is 13.4 Å². The minimum absolute atomic E-state index is 0.0120. The van der Waals surface area contributed by atoms with Crippen LogP contribution in [0.5, 0.6) is 0 Å². The van der Waals surface area contributed by atoms with E-state index in [4.69, 9.17) is 4.98 Å². The number of hydrogen-bond acceptors (Lipinski definition) is 5. The third-order valence-corrected chi connectivity index (χ3v) is 9.34. The smallest absolute Gasteiger partial charge is 0.233 e. The fourth-order valence-corrected chi connectivity index (χ4v) is 7.58. The van der Waals surface area contributed by atoms with E-state index in [0.29, 0.717) is 11.6 Å². The summed E-state index contributed by atoms with van der Waals surface area (Å²) in [6.07, 6.45) is 4.67. The second kappa shape index (κ2) is 9.96. The molecule has 1 aliphatic carbocycles. The number of imidazole rings is 1. The van der Waals surface area contributed by atoms with Gasteiger partial charge in [-0.1, -0.05) is 85.3 Å². The summed E-state index contributed by atoms with van der Waals surface area (Å²) in [6.45, 7) is 0. The average Bonchev–Trinajstić information content (AvgIpc) is 3.60. The van der Waals surface area contributed by atoms with Crippen LogP contribution < -0.4 is 0 Å². The Morgan fingerprint density at radius 1 is 0.941 bits per heavy atom. The number of aromatic nitrogens is 2. The van der Waals surface area contributed by atoms with Gasteiger partial charge >= 0.3 is 0 Å². The molecule has 1 saturated carbocycles. The van der Waals surface area contributed by atoms with Crippen molar-refractivity contribution < 1.29 is 13.2 Å². The van der Waals surface area contributed by atoms with Crippen LogP contribution in [0.4, 0.5) is 0 Å². The molecule has 1 aliphatic heterocycles. The summed E-state index contributed by atoms with van der Waals surface area (Å²) in [5, 5.41) is 0.691. The number of sulfone groups is 1. The van der Waals surface area contributed by atoms with Gasteiger partial charge in [-0.3, -0.25) is 4.79 Å². The van der Waals surface area contributed by atoms with Crippen molar-refractivity contribution in [1.29, 1.82) is 0 Å². The van der Waals surface area contributed by atoms with Gasteiger partial charge in [-0.15, -0.1) is 0 Å². The van der Waals surface area contributed by atoms with Crippen molar-refractivity contribution in [3.63, 3.8) is 0 Å². The van der Waals surface area contributed by atoms with E-state index in [9.17, 15) is 13.2 Å². The number of carbonyl (C=O) groups excluding carboxylic acids is 1. The molecule has 1 aromatic heterocycles. The van der Waals surface area contributed by atoms with Crippen molar-refractivity contribution in [1.82, 2.24) is 14.9 Å². The van der Waals surface area contributed by atoms with E-state index < -0.39 is 9.84 Å². The molecule has 0 radical (unpaired) electrons. The first-order valence-corrected chi connectivity index (χ1v) is 14.7. The summed E-state index contributed by atoms with van der Waals surface area (Å²) < 4.78 is 24.2. The summed E-state index contributed by atoms with van der Waals surface area (Å²) in [5.41, 5.74) is 3.84. The second-order valence-electron chi connectivity index (χ2n) is 9.08. The highest BCUT2D eigenvalue weighted by Crippen LogP contribution is 2.34. The minimum atomic E-state index is -3.05. The molecular weight excluding hydrogens is 466 g/mol. The molecule has 2 heterocycles. The number of nitrogens with one attached hydrogen (secondary N) is 1. The lowest BCUT2D eigenvalue weighted by molar-refractivity contribution is -0.132. The van der Waals surface area contributed by atoms with Gasteiger partial charge in [0.05, 0.1) is 28.6 Å². The summed E-state index contributed by atoms with van der Waals surface area (Å²) in [5.74, 6) is 0.526. The van der Waals surface area contributed by atoms with Gasteiger partial charge in [-0.2, -0.15) is 0 Å². The van der Waals surface area contributed by atoms with Gasteiger partial charge in [-0.05, 0) is 19.3 Å². The van der Waals surface area contributed by atoms with Gasteiger partial charge in [0, 0.05) is 23.2 Å². The molecule has 1 amide bonds. The van der Waals surface area contributed by atoms with E-state index in [1.54, 1.807) is 0 Å². The van der Waals surface area contributed by atoms with Crippen LogP contribution >= 0.6 is 11.8 Å². The lowest BCUT2D eigenvalue weighted by Gasteiger charge is -2.34. The average molecular weight is 496 g/mol. The third kappa shape index (κ3) is 5.08. The topological polar surface area (TPSA) is 83.1 Å². The van der Waals surface area contributed by atoms with Crippen molar-refractivity contribution in [2.75, 3.05) is 17.3 Å². The minimum Gasteiger partial charge on any atom is -0.335 e. The van der Waals surface area contributed by atoms with Crippen molar-refractivity contribution >= 4 is 27.5 Å². The first-order chi connectivity index (χ1) is 16.5. The molecular formula is C26H29N3O3S2. The highest BCUT2D eigenvalue weighted by atomic mass is 32.2. The normalized spacial score (nSPS) is 19.9. The number of nitrogens with zero attached hydrogens (tertiary/aromatic N) is 2. The largest absolute Gasteiger partial charge is 0.335 e. The molecule has 1 atom stereocenters. The van der Waals surface area contributed by atoms with Crippen molar-refractivity contribution in [2.45, 2.75) is 49.3 Å². The van der Waals surface area contributed by atoms with Gasteiger partial charge in [0.1, 0.15) is 0 Å². The summed E-state index contributed by atoms with van der Waals surface area (Å²) >= 11 is 1.39. The highest BCUT2D eigenvalue weighted by Gasteiger charge is 2.39. The number of hydrogen-bond donors (Lipinski definition) is 1. The van der Waals surface area contributed by atoms with E-state index in [0.717, 1.165) is 48.2 Å². The number of benzene rings is 2. The van der Waals surface area contributed by atoms with E-state index in [2.05, 4.69) is 4.98 Å². The van der Waals surface area contributed by atoms with Crippen molar-refractivity contribution in [3.8, 4) is 22.5 Å². The third-order valence-electron chi connectivity index (χ3n) is 6.73. The van der Waals surface area contributed by atoms with Crippen LogP contribution in [0.3, 0.4) is 0 Å². The van der Waals surface area contributed by atoms with E-state index >= 15 is 0 Å². The van der Waals surface area contributed by atoms with Crippen molar-refractivity contribution in [3.05, 3.63) is 60.7 Å². The Morgan fingerprint density at radius 3 is 2.21 bits per heavy atom. The molecule has 0 bridgehead atoms. The van der Waals surface area contributed by atoms with Crippen LogP contribution in [-0.2, 0) is 14.6 Å². The van der Waals surface area contributed by atoms with Gasteiger partial charge in [0.25, 0.3) is 0 Å². The quantitative estimate of drug-likeness (QED) is 0.476. The fraction of sp³-hybridized carbons (Fsp3) is 0.385. The Hall–Kier alpha value is -2.58. The Bertz CT molecular complexity index is 1180. The predicted octanol–water partition coefficient (Wildman–Crippen LogP) is 4.79. The zero-order chi connectivity index (χ0) is 23.5. The van der Waals surface area contributed by atoms with E-state index in [1.807, 2.05) is 65.6 Å². The first kappa shape index (κ1) is 23.2. The van der Waals surface area contributed by atoms with Gasteiger partial charge in [0.2, 0.25) is 5.91 Å². The molecule has 2 aromatic carbocycles. The summed E-state index contributed by atoms with van der Waals surface area (Å²) in [6, 6.07) is 20.0. The van der Waals surface area contributed by atoms with Gasteiger partial charge < -0.3 is 9.88 Å². The molecule has 5 rings (SSSR count). The molecule has 3 aromatic rings. The maximum absolute atomic E-state index is 13.4. The van der Waals surface area contributed by atoms with Crippen LogP contribution in [0.15, 0.2) is 65.8 Å². The fourth-order valence-electron chi connectivity index (χ4n) is 5.13. The zero-order valence-corrected chi connectivity index (χ0v) is 20.7. The van der Waals surface area contributed by atoms with Crippen LogP contribution in [0.25, 0.3) is 22.5 Å². The Balaban J connectivity index is 1.37. The lowest BCUT2D eigenvalue weighted by atomic mass is 10.1. The van der Waals surface area contributed by atoms with Crippen molar-refractivity contribution in [2.24, 2.45) is 0 Å². The van der Waals surface area contributed by atoms with Crippen LogP contribution in [0, 0.1) is 0 Å². The lowest BCUT2D eigenvalue weighted by Crippen LogP contribution is -2.47. The van der Waals surface area contributed by atoms with E-state index in [-0.39, 0.29) is 35.2 Å². The molecule has 6 nitrogen and oxygen atoms in total.